The Bertz CT molecular complexity index is 591. The number of carboxylic acids is 1. The summed E-state index contributed by atoms with van der Waals surface area (Å²) in [5, 5.41) is 11.3. The molecule has 0 saturated carbocycles. The lowest BCUT2D eigenvalue weighted by molar-refractivity contribution is -0.113. The van der Waals surface area contributed by atoms with Gasteiger partial charge in [0.25, 0.3) is 0 Å². The molecular formula is C11H13NO5S. The van der Waals surface area contributed by atoms with Gasteiger partial charge in [0.05, 0.1) is 11.3 Å². The van der Waals surface area contributed by atoms with Gasteiger partial charge < -0.3 is 10.4 Å². The molecule has 0 aromatic heterocycles. The molecule has 1 amide bonds. The third-order valence-electron chi connectivity index (χ3n) is 2.16. The number of sulfone groups is 1. The minimum atomic E-state index is -3.45. The molecule has 0 unspecified atom stereocenters. The highest BCUT2D eigenvalue weighted by atomic mass is 32.2. The molecule has 18 heavy (non-hydrogen) atoms. The largest absolute Gasteiger partial charge is 0.478 e. The van der Waals surface area contributed by atoms with Gasteiger partial charge in [0.1, 0.15) is 5.75 Å². The summed E-state index contributed by atoms with van der Waals surface area (Å²) >= 11 is 0. The first-order valence-electron chi connectivity index (χ1n) is 5.01. The average molecular weight is 271 g/mol. The maximum absolute atomic E-state index is 11.5. The number of rotatable bonds is 4. The first-order valence-corrected chi connectivity index (χ1v) is 7.07. The van der Waals surface area contributed by atoms with Crippen LogP contribution in [0.15, 0.2) is 18.2 Å². The summed E-state index contributed by atoms with van der Waals surface area (Å²) in [6.45, 7) is 1.63. The summed E-state index contributed by atoms with van der Waals surface area (Å²) in [7, 11) is -3.45. The summed E-state index contributed by atoms with van der Waals surface area (Å²) in [5.41, 5.74) is 0.604. The van der Waals surface area contributed by atoms with Gasteiger partial charge in [-0.1, -0.05) is 12.1 Å². The van der Waals surface area contributed by atoms with E-state index < -0.39 is 27.5 Å². The molecule has 7 heteroatoms. The van der Waals surface area contributed by atoms with Crippen molar-refractivity contribution in [3.05, 3.63) is 29.3 Å². The zero-order valence-corrected chi connectivity index (χ0v) is 10.7. The number of carbonyl (C=O) groups excluding carboxylic acids is 1. The predicted octanol–water partition coefficient (Wildman–Crippen LogP) is 0.676. The number of carbonyl (C=O) groups is 2. The van der Waals surface area contributed by atoms with Crippen LogP contribution in [0.4, 0.5) is 5.69 Å². The van der Waals surface area contributed by atoms with Crippen LogP contribution in [0.5, 0.6) is 0 Å². The van der Waals surface area contributed by atoms with Gasteiger partial charge in [0.15, 0.2) is 9.84 Å². The standard InChI is InChI=1S/C11H13NO5S/c1-7-4-3-5-8(11(14)15)10(7)12-9(13)6-18(2,16)17/h3-5H,6H2,1-2H3,(H,12,13)(H,14,15). The minimum Gasteiger partial charge on any atom is -0.478 e. The molecule has 0 fully saturated rings. The topological polar surface area (TPSA) is 101 Å². The monoisotopic (exact) mass is 271 g/mol. The molecule has 6 nitrogen and oxygen atoms in total. The number of aryl methyl sites for hydroxylation is 1. The highest BCUT2D eigenvalue weighted by molar-refractivity contribution is 7.91. The van der Waals surface area contributed by atoms with Gasteiger partial charge in [-0.15, -0.1) is 0 Å². The summed E-state index contributed by atoms with van der Waals surface area (Å²) in [6, 6.07) is 4.51. The second-order valence-corrected chi connectivity index (χ2v) is 6.06. The third kappa shape index (κ3) is 3.85. The maximum Gasteiger partial charge on any atom is 0.337 e. The van der Waals surface area contributed by atoms with Crippen LogP contribution in [-0.4, -0.2) is 37.4 Å². The van der Waals surface area contributed by atoms with E-state index in [1.807, 2.05) is 0 Å². The number of carboxylic acid groups (broad SMARTS) is 1. The van der Waals surface area contributed by atoms with Crippen molar-refractivity contribution in [3.8, 4) is 0 Å². The van der Waals surface area contributed by atoms with Crippen LogP contribution in [0.3, 0.4) is 0 Å². The van der Waals surface area contributed by atoms with E-state index in [2.05, 4.69) is 5.32 Å². The lowest BCUT2D eigenvalue weighted by Crippen LogP contribution is -2.23. The van der Waals surface area contributed by atoms with Crippen LogP contribution in [-0.2, 0) is 14.6 Å². The maximum atomic E-state index is 11.5. The lowest BCUT2D eigenvalue weighted by atomic mass is 10.1. The molecule has 0 radical (unpaired) electrons. The molecule has 0 aliphatic carbocycles. The lowest BCUT2D eigenvalue weighted by Gasteiger charge is -2.10. The average Bonchev–Trinajstić information content (AvgIpc) is 2.17. The van der Waals surface area contributed by atoms with E-state index in [1.54, 1.807) is 19.1 Å². The van der Waals surface area contributed by atoms with Crippen molar-refractivity contribution in [1.82, 2.24) is 0 Å². The zero-order valence-electron chi connectivity index (χ0n) is 9.93. The number of benzene rings is 1. The van der Waals surface area contributed by atoms with E-state index in [-0.39, 0.29) is 11.3 Å². The molecule has 1 aromatic carbocycles. The van der Waals surface area contributed by atoms with E-state index in [4.69, 9.17) is 5.11 Å². The highest BCUT2D eigenvalue weighted by Gasteiger charge is 2.16. The van der Waals surface area contributed by atoms with Crippen LogP contribution >= 0.6 is 0 Å². The van der Waals surface area contributed by atoms with Crippen molar-refractivity contribution in [3.63, 3.8) is 0 Å². The minimum absolute atomic E-state index is 0.0724. The van der Waals surface area contributed by atoms with Crippen molar-refractivity contribution < 1.29 is 23.1 Å². The molecule has 0 saturated heterocycles. The Morgan fingerprint density at radius 2 is 1.94 bits per heavy atom. The Hall–Kier alpha value is -1.89. The van der Waals surface area contributed by atoms with Gasteiger partial charge in [-0.2, -0.15) is 0 Å². The van der Waals surface area contributed by atoms with E-state index in [0.29, 0.717) is 5.56 Å². The van der Waals surface area contributed by atoms with Crippen LogP contribution < -0.4 is 5.32 Å². The van der Waals surface area contributed by atoms with Gasteiger partial charge in [0, 0.05) is 6.26 Å². The second kappa shape index (κ2) is 5.18. The van der Waals surface area contributed by atoms with Crippen LogP contribution in [0.25, 0.3) is 0 Å². The molecule has 0 aliphatic heterocycles. The quantitative estimate of drug-likeness (QED) is 0.838. The molecular weight excluding hydrogens is 258 g/mol. The number of nitrogens with one attached hydrogen (secondary N) is 1. The normalized spacial score (nSPS) is 11.0. The first-order chi connectivity index (χ1) is 8.20. The molecule has 0 bridgehead atoms. The Morgan fingerprint density at radius 1 is 1.33 bits per heavy atom. The van der Waals surface area contributed by atoms with Gasteiger partial charge in [-0.25, -0.2) is 13.2 Å². The number of hydrogen-bond acceptors (Lipinski definition) is 4. The number of aromatic carboxylic acids is 1. The highest BCUT2D eigenvalue weighted by Crippen LogP contribution is 2.20. The molecule has 1 rings (SSSR count). The van der Waals surface area contributed by atoms with Crippen molar-refractivity contribution >= 4 is 27.4 Å². The van der Waals surface area contributed by atoms with Gasteiger partial charge in [-0.05, 0) is 18.6 Å². The van der Waals surface area contributed by atoms with Gasteiger partial charge >= 0.3 is 5.97 Å². The van der Waals surface area contributed by atoms with Gasteiger partial charge in [-0.3, -0.25) is 4.79 Å². The summed E-state index contributed by atoms with van der Waals surface area (Å²) < 4.78 is 21.9. The fourth-order valence-electron chi connectivity index (χ4n) is 1.43. The van der Waals surface area contributed by atoms with Crippen molar-refractivity contribution in [1.29, 1.82) is 0 Å². The predicted molar refractivity (Wildman–Crippen MR) is 66.5 cm³/mol. The number of amides is 1. The van der Waals surface area contributed by atoms with Crippen LogP contribution in [0.2, 0.25) is 0 Å². The van der Waals surface area contributed by atoms with E-state index in [0.717, 1.165) is 6.26 Å². The van der Waals surface area contributed by atoms with Crippen molar-refractivity contribution in [2.75, 3.05) is 17.3 Å². The SMILES string of the molecule is Cc1cccc(C(=O)O)c1NC(=O)CS(C)(=O)=O. The smallest absolute Gasteiger partial charge is 0.337 e. The second-order valence-electron chi connectivity index (χ2n) is 3.92. The summed E-state index contributed by atoms with van der Waals surface area (Å²) in [5.74, 6) is -2.62. The van der Waals surface area contributed by atoms with Crippen LogP contribution in [0.1, 0.15) is 15.9 Å². The Balaban J connectivity index is 3.04. The molecule has 0 atom stereocenters. The Labute approximate surface area is 105 Å². The first kappa shape index (κ1) is 14.2. The van der Waals surface area contributed by atoms with Crippen molar-refractivity contribution in [2.24, 2.45) is 0 Å². The number of hydrogen-bond donors (Lipinski definition) is 2. The Morgan fingerprint density at radius 3 is 2.44 bits per heavy atom. The third-order valence-corrected chi connectivity index (χ3v) is 2.95. The van der Waals surface area contributed by atoms with Gasteiger partial charge in [0.2, 0.25) is 5.91 Å². The molecule has 2 N–H and O–H groups in total. The molecule has 98 valence electrons. The fourth-order valence-corrected chi connectivity index (χ4v) is 1.97. The number of para-hydroxylation sites is 1. The number of anilines is 1. The summed E-state index contributed by atoms with van der Waals surface area (Å²) in [6.07, 6.45) is 0.933. The Kier molecular flexibility index (Phi) is 4.07. The van der Waals surface area contributed by atoms with E-state index in [1.165, 1.54) is 6.07 Å². The van der Waals surface area contributed by atoms with E-state index in [9.17, 15) is 18.0 Å². The summed E-state index contributed by atoms with van der Waals surface area (Å²) in [4.78, 5) is 22.4. The zero-order chi connectivity index (χ0) is 13.9. The fraction of sp³-hybridized carbons (Fsp3) is 0.273. The van der Waals surface area contributed by atoms with E-state index >= 15 is 0 Å². The van der Waals surface area contributed by atoms with Crippen molar-refractivity contribution in [2.45, 2.75) is 6.92 Å². The molecule has 1 aromatic rings. The molecule has 0 heterocycles. The van der Waals surface area contributed by atoms with Crippen LogP contribution in [0, 0.1) is 6.92 Å². The molecule has 0 spiro atoms. The molecule has 0 aliphatic rings.